The third-order valence-electron chi connectivity index (χ3n) is 6.09. The van der Waals surface area contributed by atoms with Gasteiger partial charge in [-0.2, -0.15) is 5.10 Å². The summed E-state index contributed by atoms with van der Waals surface area (Å²) in [6.07, 6.45) is 0. The summed E-state index contributed by atoms with van der Waals surface area (Å²) >= 11 is 0. The van der Waals surface area contributed by atoms with Gasteiger partial charge in [-0.25, -0.2) is 0 Å². The predicted molar refractivity (Wildman–Crippen MR) is 138 cm³/mol. The largest absolute Gasteiger partial charge is 0.497 e. The Bertz CT molecular complexity index is 1320. The van der Waals surface area contributed by atoms with E-state index in [1.807, 2.05) is 99.1 Å². The number of aryl methyl sites for hydroxylation is 3. The molecule has 1 amide bonds. The van der Waals surface area contributed by atoms with Crippen LogP contribution in [0, 0.1) is 27.7 Å². The number of carbonyl (C=O) groups excluding carboxylic acids is 1. The average Bonchev–Trinajstić information content (AvgIpc) is 3.11. The molecule has 0 unspecified atom stereocenters. The minimum absolute atomic E-state index is 0.167. The number of para-hydroxylation sites is 1. The SMILES string of the molecule is COc1cccc(Cn2nc(C)c(NC(=O)c3ccc(COc4c(C)cccc4C)cc3)c2C)c1. The standard InChI is InChI=1S/C29H31N3O3/c1-19-8-6-9-20(2)28(19)35-18-23-12-14-25(15-13-23)29(33)30-27-21(3)31-32(22(27)4)17-24-10-7-11-26(16-24)34-5/h6-16H,17-18H2,1-5H3,(H,30,33). The Balaban J connectivity index is 1.42. The van der Waals surface area contributed by atoms with Crippen LogP contribution in [-0.2, 0) is 13.2 Å². The summed E-state index contributed by atoms with van der Waals surface area (Å²) in [6.45, 7) is 8.98. The van der Waals surface area contributed by atoms with Gasteiger partial charge >= 0.3 is 0 Å². The highest BCUT2D eigenvalue weighted by molar-refractivity contribution is 6.04. The van der Waals surface area contributed by atoms with Crippen LogP contribution in [0.2, 0.25) is 0 Å². The van der Waals surface area contributed by atoms with Crippen molar-refractivity contribution in [1.82, 2.24) is 9.78 Å². The van der Waals surface area contributed by atoms with E-state index in [9.17, 15) is 4.79 Å². The van der Waals surface area contributed by atoms with E-state index < -0.39 is 0 Å². The molecule has 0 saturated heterocycles. The zero-order chi connectivity index (χ0) is 24.9. The van der Waals surface area contributed by atoms with Crippen LogP contribution in [-0.4, -0.2) is 22.8 Å². The second kappa shape index (κ2) is 10.5. The molecule has 3 aromatic carbocycles. The van der Waals surface area contributed by atoms with E-state index in [1.165, 1.54) is 0 Å². The first kappa shape index (κ1) is 24.1. The molecule has 0 aliphatic heterocycles. The number of rotatable bonds is 8. The van der Waals surface area contributed by atoms with Crippen molar-refractivity contribution < 1.29 is 14.3 Å². The molecule has 0 spiro atoms. The van der Waals surface area contributed by atoms with Crippen molar-refractivity contribution >= 4 is 11.6 Å². The predicted octanol–water partition coefficient (Wildman–Crippen LogP) is 6.00. The molecule has 1 heterocycles. The van der Waals surface area contributed by atoms with Gasteiger partial charge in [0.2, 0.25) is 0 Å². The normalized spacial score (nSPS) is 10.8. The van der Waals surface area contributed by atoms with Crippen LogP contribution < -0.4 is 14.8 Å². The fourth-order valence-electron chi connectivity index (χ4n) is 4.10. The van der Waals surface area contributed by atoms with Gasteiger partial charge in [-0.3, -0.25) is 9.48 Å². The van der Waals surface area contributed by atoms with Gasteiger partial charge in [0.05, 0.1) is 30.7 Å². The van der Waals surface area contributed by atoms with E-state index >= 15 is 0 Å². The lowest BCUT2D eigenvalue weighted by Gasteiger charge is -2.12. The van der Waals surface area contributed by atoms with Gasteiger partial charge in [-0.05, 0) is 74.2 Å². The van der Waals surface area contributed by atoms with E-state index in [1.54, 1.807) is 7.11 Å². The first-order chi connectivity index (χ1) is 16.9. The molecule has 0 bridgehead atoms. The van der Waals surface area contributed by atoms with Gasteiger partial charge in [0.1, 0.15) is 18.1 Å². The molecule has 4 rings (SSSR count). The van der Waals surface area contributed by atoms with Gasteiger partial charge in [0.25, 0.3) is 5.91 Å². The van der Waals surface area contributed by atoms with E-state index in [4.69, 9.17) is 9.47 Å². The number of nitrogens with zero attached hydrogens (tertiary/aromatic N) is 2. The molecular formula is C29H31N3O3. The highest BCUT2D eigenvalue weighted by Crippen LogP contribution is 2.24. The number of ether oxygens (including phenoxy) is 2. The number of amides is 1. The second-order valence-electron chi connectivity index (χ2n) is 8.72. The fourth-order valence-corrected chi connectivity index (χ4v) is 4.10. The molecule has 0 radical (unpaired) electrons. The Morgan fingerprint density at radius 3 is 2.29 bits per heavy atom. The maximum absolute atomic E-state index is 13.0. The van der Waals surface area contributed by atoms with Crippen LogP contribution in [0.1, 0.15) is 44.0 Å². The number of anilines is 1. The first-order valence-corrected chi connectivity index (χ1v) is 11.6. The maximum atomic E-state index is 13.0. The van der Waals surface area contributed by atoms with Crippen LogP contribution in [0.4, 0.5) is 5.69 Å². The quantitative estimate of drug-likeness (QED) is 0.343. The van der Waals surface area contributed by atoms with Crippen molar-refractivity contribution in [3.05, 3.63) is 106 Å². The summed E-state index contributed by atoms with van der Waals surface area (Å²) in [5.41, 5.74) is 7.29. The molecule has 35 heavy (non-hydrogen) atoms. The van der Waals surface area contributed by atoms with Crippen molar-refractivity contribution in [2.45, 2.75) is 40.8 Å². The zero-order valence-electron chi connectivity index (χ0n) is 20.9. The van der Waals surface area contributed by atoms with E-state index in [0.717, 1.165) is 50.8 Å². The Kier molecular flexibility index (Phi) is 7.20. The highest BCUT2D eigenvalue weighted by atomic mass is 16.5. The lowest BCUT2D eigenvalue weighted by atomic mass is 10.1. The Morgan fingerprint density at radius 1 is 0.914 bits per heavy atom. The first-order valence-electron chi connectivity index (χ1n) is 11.6. The summed E-state index contributed by atoms with van der Waals surface area (Å²) < 4.78 is 13.2. The lowest BCUT2D eigenvalue weighted by molar-refractivity contribution is 0.102. The van der Waals surface area contributed by atoms with Crippen molar-refractivity contribution in [2.75, 3.05) is 12.4 Å². The van der Waals surface area contributed by atoms with Crippen LogP contribution in [0.5, 0.6) is 11.5 Å². The number of nitrogens with one attached hydrogen (secondary N) is 1. The molecule has 6 nitrogen and oxygen atoms in total. The van der Waals surface area contributed by atoms with Gasteiger partial charge in [0.15, 0.2) is 0 Å². The van der Waals surface area contributed by atoms with Gasteiger partial charge < -0.3 is 14.8 Å². The monoisotopic (exact) mass is 469 g/mol. The zero-order valence-corrected chi connectivity index (χ0v) is 20.9. The van der Waals surface area contributed by atoms with Gasteiger partial charge in [-0.15, -0.1) is 0 Å². The topological polar surface area (TPSA) is 65.4 Å². The highest BCUT2D eigenvalue weighted by Gasteiger charge is 2.16. The third-order valence-corrected chi connectivity index (χ3v) is 6.09. The molecule has 0 atom stereocenters. The molecular weight excluding hydrogens is 438 g/mol. The number of methoxy groups -OCH3 is 1. The average molecular weight is 470 g/mol. The lowest BCUT2D eigenvalue weighted by Crippen LogP contribution is -2.13. The Hall–Kier alpha value is -4.06. The molecule has 0 aliphatic carbocycles. The van der Waals surface area contributed by atoms with Crippen LogP contribution in [0.3, 0.4) is 0 Å². The van der Waals surface area contributed by atoms with Crippen molar-refractivity contribution in [2.24, 2.45) is 0 Å². The van der Waals surface area contributed by atoms with Crippen LogP contribution in [0.25, 0.3) is 0 Å². The van der Waals surface area contributed by atoms with Gasteiger partial charge in [0, 0.05) is 5.56 Å². The smallest absolute Gasteiger partial charge is 0.255 e. The minimum atomic E-state index is -0.167. The number of carbonyl (C=O) groups is 1. The van der Waals surface area contributed by atoms with Crippen molar-refractivity contribution in [3.8, 4) is 11.5 Å². The molecule has 4 aromatic rings. The maximum Gasteiger partial charge on any atom is 0.255 e. The summed E-state index contributed by atoms with van der Waals surface area (Å²) in [4.78, 5) is 13.0. The molecule has 0 saturated carbocycles. The Labute approximate surface area is 206 Å². The summed E-state index contributed by atoms with van der Waals surface area (Å²) in [5, 5.41) is 7.67. The number of hydrogen-bond donors (Lipinski definition) is 1. The molecule has 0 fully saturated rings. The number of hydrogen-bond acceptors (Lipinski definition) is 4. The molecule has 1 N–H and O–H groups in total. The van der Waals surface area contributed by atoms with E-state index in [0.29, 0.717) is 18.7 Å². The van der Waals surface area contributed by atoms with Crippen molar-refractivity contribution in [3.63, 3.8) is 0 Å². The molecule has 1 aromatic heterocycles. The molecule has 0 aliphatic rings. The van der Waals surface area contributed by atoms with E-state index in [-0.39, 0.29) is 5.91 Å². The fraction of sp³-hybridized carbons (Fsp3) is 0.241. The summed E-state index contributed by atoms with van der Waals surface area (Å²) in [5.74, 6) is 1.55. The number of benzene rings is 3. The molecule has 6 heteroatoms. The van der Waals surface area contributed by atoms with Crippen LogP contribution >= 0.6 is 0 Å². The third kappa shape index (κ3) is 5.54. The molecule has 180 valence electrons. The number of aromatic nitrogens is 2. The summed E-state index contributed by atoms with van der Waals surface area (Å²) in [6, 6.07) is 21.5. The minimum Gasteiger partial charge on any atom is -0.497 e. The Morgan fingerprint density at radius 2 is 1.60 bits per heavy atom. The second-order valence-corrected chi connectivity index (χ2v) is 8.72. The van der Waals surface area contributed by atoms with Gasteiger partial charge in [-0.1, -0.05) is 42.5 Å². The summed E-state index contributed by atoms with van der Waals surface area (Å²) in [7, 11) is 1.65. The van der Waals surface area contributed by atoms with E-state index in [2.05, 4.69) is 10.4 Å². The van der Waals surface area contributed by atoms with Crippen molar-refractivity contribution in [1.29, 1.82) is 0 Å². The van der Waals surface area contributed by atoms with Crippen LogP contribution in [0.15, 0.2) is 66.7 Å².